The molecule has 0 atom stereocenters. The number of rotatable bonds is 2. The Hall–Kier alpha value is -2.82. The Morgan fingerprint density at radius 3 is 2.95 bits per heavy atom. The summed E-state index contributed by atoms with van der Waals surface area (Å²) < 4.78 is 1.79. The molecule has 0 fully saturated rings. The van der Waals surface area contributed by atoms with Gasteiger partial charge in [0.2, 0.25) is 0 Å². The predicted molar refractivity (Wildman–Crippen MR) is 87.2 cm³/mol. The number of fused-ring (bicyclic) bond motifs is 3. The molecule has 0 aliphatic heterocycles. The maximum atomic E-state index is 12.4. The summed E-state index contributed by atoms with van der Waals surface area (Å²) in [5.41, 5.74) is 5.97. The van der Waals surface area contributed by atoms with Gasteiger partial charge in [0.25, 0.3) is 0 Å². The molecule has 0 saturated heterocycles. The molecule has 0 bridgehead atoms. The van der Waals surface area contributed by atoms with Gasteiger partial charge in [-0.3, -0.25) is 4.57 Å². The van der Waals surface area contributed by atoms with Crippen LogP contribution >= 0.6 is 0 Å². The summed E-state index contributed by atoms with van der Waals surface area (Å²) in [4.78, 5) is 22.7. The van der Waals surface area contributed by atoms with Crippen LogP contribution < -0.4 is 5.69 Å². The molecule has 0 saturated carbocycles. The Labute approximate surface area is 126 Å². The van der Waals surface area contributed by atoms with Crippen LogP contribution in [0.1, 0.15) is 16.7 Å². The molecule has 5 nitrogen and oxygen atoms in total. The fourth-order valence-electron chi connectivity index (χ4n) is 2.96. The summed E-state index contributed by atoms with van der Waals surface area (Å²) in [6, 6.07) is 8.15. The van der Waals surface area contributed by atoms with E-state index in [1.54, 1.807) is 10.8 Å². The van der Waals surface area contributed by atoms with Gasteiger partial charge in [0.05, 0.1) is 23.8 Å². The number of nitrogens with one attached hydrogen (secondary N) is 2. The van der Waals surface area contributed by atoms with Crippen LogP contribution in [0.5, 0.6) is 0 Å². The maximum Gasteiger partial charge on any atom is 0.326 e. The maximum absolute atomic E-state index is 12.4. The smallest absolute Gasteiger partial charge is 0.326 e. The lowest BCUT2D eigenvalue weighted by atomic mass is 10.0. The van der Waals surface area contributed by atoms with Crippen molar-refractivity contribution in [1.29, 1.82) is 0 Å². The zero-order chi connectivity index (χ0) is 15.3. The van der Waals surface area contributed by atoms with Gasteiger partial charge >= 0.3 is 5.69 Å². The highest BCUT2D eigenvalue weighted by Crippen LogP contribution is 2.22. The highest BCUT2D eigenvalue weighted by molar-refractivity contribution is 6.00. The predicted octanol–water partition coefficient (Wildman–Crippen LogP) is 2.87. The molecule has 22 heavy (non-hydrogen) atoms. The van der Waals surface area contributed by atoms with Gasteiger partial charge in [0.1, 0.15) is 5.65 Å². The molecule has 5 heteroatoms. The van der Waals surface area contributed by atoms with E-state index in [2.05, 4.69) is 40.9 Å². The molecule has 2 N–H and O–H groups in total. The lowest BCUT2D eigenvalue weighted by Crippen LogP contribution is -2.18. The summed E-state index contributed by atoms with van der Waals surface area (Å²) in [5, 5.41) is 0.959. The molecule has 0 unspecified atom stereocenters. The Morgan fingerprint density at radius 2 is 2.09 bits per heavy atom. The Balaban J connectivity index is 1.98. The van der Waals surface area contributed by atoms with E-state index in [0.717, 1.165) is 27.6 Å². The van der Waals surface area contributed by atoms with Crippen molar-refractivity contribution in [2.75, 3.05) is 0 Å². The van der Waals surface area contributed by atoms with Crippen molar-refractivity contribution in [1.82, 2.24) is 19.5 Å². The van der Waals surface area contributed by atoms with Gasteiger partial charge in [-0.05, 0) is 36.6 Å². The topological polar surface area (TPSA) is 66.5 Å². The van der Waals surface area contributed by atoms with E-state index in [0.29, 0.717) is 6.54 Å². The van der Waals surface area contributed by atoms with Gasteiger partial charge in [0, 0.05) is 11.6 Å². The Kier molecular flexibility index (Phi) is 2.69. The van der Waals surface area contributed by atoms with E-state index in [4.69, 9.17) is 0 Å². The van der Waals surface area contributed by atoms with Crippen molar-refractivity contribution in [3.63, 3.8) is 0 Å². The van der Waals surface area contributed by atoms with Gasteiger partial charge in [-0.25, -0.2) is 9.78 Å². The first-order valence-electron chi connectivity index (χ1n) is 7.25. The molecule has 0 amide bonds. The van der Waals surface area contributed by atoms with Crippen molar-refractivity contribution >= 4 is 22.1 Å². The fraction of sp³-hybridized carbons (Fsp3) is 0.176. The molecule has 3 aromatic heterocycles. The number of H-pyrrole nitrogens is 2. The minimum absolute atomic E-state index is 0.105. The molecule has 3 heterocycles. The standard InChI is InChI=1S/C17H16N4O/c1-10-4-3-5-12(11(10)2)9-21-15-13-6-7-18-16(13)19-8-14(15)20-17(21)22/h3-8H,9H2,1-2H3,(H,18,19)(H,20,22). The quantitative estimate of drug-likeness (QED) is 0.596. The molecular weight excluding hydrogens is 276 g/mol. The normalized spacial score (nSPS) is 11.5. The summed E-state index contributed by atoms with van der Waals surface area (Å²) >= 11 is 0. The zero-order valence-corrected chi connectivity index (χ0v) is 12.5. The monoisotopic (exact) mass is 292 g/mol. The first kappa shape index (κ1) is 12.9. The Morgan fingerprint density at radius 1 is 1.23 bits per heavy atom. The van der Waals surface area contributed by atoms with E-state index >= 15 is 0 Å². The number of aryl methyl sites for hydroxylation is 1. The highest BCUT2D eigenvalue weighted by Gasteiger charge is 2.13. The summed E-state index contributed by atoms with van der Waals surface area (Å²) in [7, 11) is 0. The number of aromatic nitrogens is 4. The van der Waals surface area contributed by atoms with Crippen LogP contribution in [-0.4, -0.2) is 19.5 Å². The summed E-state index contributed by atoms with van der Waals surface area (Å²) in [6.07, 6.45) is 3.55. The van der Waals surface area contributed by atoms with Crippen molar-refractivity contribution in [3.8, 4) is 0 Å². The number of aromatic amines is 2. The molecule has 0 aliphatic carbocycles. The second-order valence-corrected chi connectivity index (χ2v) is 5.64. The number of benzene rings is 1. The van der Waals surface area contributed by atoms with Gasteiger partial charge in [0.15, 0.2) is 0 Å². The third kappa shape index (κ3) is 1.79. The molecule has 4 aromatic rings. The third-order valence-electron chi connectivity index (χ3n) is 4.36. The second kappa shape index (κ2) is 4.59. The minimum Gasteiger partial charge on any atom is -0.346 e. The van der Waals surface area contributed by atoms with Gasteiger partial charge in [-0.2, -0.15) is 0 Å². The van der Waals surface area contributed by atoms with Crippen LogP contribution in [0.2, 0.25) is 0 Å². The van der Waals surface area contributed by atoms with E-state index in [1.807, 2.05) is 18.3 Å². The molecule has 4 rings (SSSR count). The number of hydrogen-bond acceptors (Lipinski definition) is 2. The van der Waals surface area contributed by atoms with Crippen LogP contribution in [0.25, 0.3) is 22.1 Å². The number of nitrogens with zero attached hydrogens (tertiary/aromatic N) is 2. The first-order valence-corrected chi connectivity index (χ1v) is 7.25. The average Bonchev–Trinajstić information content (AvgIpc) is 3.08. The molecule has 0 spiro atoms. The van der Waals surface area contributed by atoms with Gasteiger partial charge < -0.3 is 9.97 Å². The molecule has 0 radical (unpaired) electrons. The van der Waals surface area contributed by atoms with Crippen LogP contribution in [-0.2, 0) is 6.54 Å². The van der Waals surface area contributed by atoms with Crippen LogP contribution in [0, 0.1) is 13.8 Å². The van der Waals surface area contributed by atoms with Crippen LogP contribution in [0.15, 0.2) is 41.5 Å². The molecule has 110 valence electrons. The van der Waals surface area contributed by atoms with E-state index < -0.39 is 0 Å². The first-order chi connectivity index (χ1) is 10.6. The lowest BCUT2D eigenvalue weighted by molar-refractivity contribution is 0.783. The SMILES string of the molecule is Cc1cccc(Cn2c(=O)[nH]c3cnc4[nH]ccc4c32)c1C. The highest BCUT2D eigenvalue weighted by atomic mass is 16.1. The number of hydrogen-bond donors (Lipinski definition) is 2. The fourth-order valence-corrected chi connectivity index (χ4v) is 2.96. The Bertz CT molecular complexity index is 1050. The van der Waals surface area contributed by atoms with Crippen molar-refractivity contribution in [2.24, 2.45) is 0 Å². The molecule has 1 aromatic carbocycles. The lowest BCUT2D eigenvalue weighted by Gasteiger charge is -2.10. The minimum atomic E-state index is -0.105. The van der Waals surface area contributed by atoms with Crippen LogP contribution in [0.3, 0.4) is 0 Å². The number of imidazole rings is 1. The zero-order valence-electron chi connectivity index (χ0n) is 12.5. The third-order valence-corrected chi connectivity index (χ3v) is 4.36. The van der Waals surface area contributed by atoms with Crippen LogP contribution in [0.4, 0.5) is 0 Å². The summed E-state index contributed by atoms with van der Waals surface area (Å²) in [6.45, 7) is 4.74. The largest absolute Gasteiger partial charge is 0.346 e. The average molecular weight is 292 g/mol. The second-order valence-electron chi connectivity index (χ2n) is 5.64. The summed E-state index contributed by atoms with van der Waals surface area (Å²) in [5.74, 6) is 0. The van der Waals surface area contributed by atoms with E-state index in [9.17, 15) is 4.79 Å². The van der Waals surface area contributed by atoms with Gasteiger partial charge in [-0.15, -0.1) is 0 Å². The van der Waals surface area contributed by atoms with Crippen molar-refractivity contribution in [3.05, 3.63) is 63.8 Å². The molecular formula is C17H16N4O. The van der Waals surface area contributed by atoms with E-state index in [1.165, 1.54) is 11.1 Å². The number of pyridine rings is 1. The van der Waals surface area contributed by atoms with E-state index in [-0.39, 0.29) is 5.69 Å². The van der Waals surface area contributed by atoms with Crippen molar-refractivity contribution < 1.29 is 0 Å². The van der Waals surface area contributed by atoms with Crippen molar-refractivity contribution in [2.45, 2.75) is 20.4 Å². The van der Waals surface area contributed by atoms with Gasteiger partial charge in [-0.1, -0.05) is 18.2 Å². The molecule has 0 aliphatic rings.